The molecule has 2 heterocycles. The number of furan rings is 1. The van der Waals surface area contributed by atoms with Crippen LogP contribution < -0.4 is 10.1 Å². The molecule has 0 aliphatic carbocycles. The lowest BCUT2D eigenvalue weighted by atomic mass is 10.0. The molecule has 1 N–H and O–H groups in total. The molecule has 0 saturated carbocycles. The molecule has 3 rings (SSSR count). The van der Waals surface area contributed by atoms with Crippen LogP contribution >= 0.6 is 0 Å². The summed E-state index contributed by atoms with van der Waals surface area (Å²) >= 11 is 0. The van der Waals surface area contributed by atoms with Gasteiger partial charge in [0.2, 0.25) is 5.82 Å². The summed E-state index contributed by atoms with van der Waals surface area (Å²) in [4.78, 5) is 28.8. The normalized spacial score (nSPS) is 11.9. The zero-order chi connectivity index (χ0) is 20.8. The van der Waals surface area contributed by atoms with E-state index in [-0.39, 0.29) is 24.1 Å². The first kappa shape index (κ1) is 20.1. The van der Waals surface area contributed by atoms with Crippen molar-refractivity contribution >= 4 is 11.9 Å². The van der Waals surface area contributed by atoms with Gasteiger partial charge in [0.15, 0.2) is 12.4 Å². The van der Waals surface area contributed by atoms with Crippen molar-refractivity contribution in [2.75, 3.05) is 7.11 Å². The highest BCUT2D eigenvalue weighted by atomic mass is 16.5. The first-order valence-electron chi connectivity index (χ1n) is 8.96. The number of hydrogen-bond acceptors (Lipinski definition) is 8. The number of amides is 1. The van der Waals surface area contributed by atoms with Gasteiger partial charge in [-0.05, 0) is 42.3 Å². The van der Waals surface area contributed by atoms with Crippen LogP contribution in [-0.4, -0.2) is 35.2 Å². The maximum absolute atomic E-state index is 12.4. The van der Waals surface area contributed by atoms with E-state index in [1.807, 2.05) is 0 Å². The van der Waals surface area contributed by atoms with Gasteiger partial charge < -0.3 is 23.7 Å². The Morgan fingerprint density at radius 1 is 1.17 bits per heavy atom. The third-order valence-electron chi connectivity index (χ3n) is 4.10. The molecule has 0 saturated heterocycles. The Morgan fingerprint density at radius 2 is 1.93 bits per heavy atom. The van der Waals surface area contributed by atoms with Crippen LogP contribution in [0.1, 0.15) is 30.2 Å². The average Bonchev–Trinajstić information content (AvgIpc) is 3.42. The van der Waals surface area contributed by atoms with E-state index in [4.69, 9.17) is 18.4 Å². The fraction of sp³-hybridized carbons (Fsp3) is 0.300. The van der Waals surface area contributed by atoms with Gasteiger partial charge in [0.1, 0.15) is 11.8 Å². The maximum Gasteiger partial charge on any atom is 0.329 e. The zero-order valence-electron chi connectivity index (χ0n) is 16.2. The van der Waals surface area contributed by atoms with Crippen molar-refractivity contribution in [3.05, 3.63) is 54.2 Å². The predicted octanol–water partition coefficient (Wildman–Crippen LogP) is 2.84. The largest absolute Gasteiger partial charge is 0.497 e. The molecule has 0 unspecified atom stereocenters. The lowest BCUT2D eigenvalue weighted by Crippen LogP contribution is -2.45. The van der Waals surface area contributed by atoms with Crippen LogP contribution in [0.5, 0.6) is 5.75 Å². The number of esters is 1. The Balaban J connectivity index is 1.59. The first-order chi connectivity index (χ1) is 14.0. The summed E-state index contributed by atoms with van der Waals surface area (Å²) in [5.41, 5.74) is 0.710. The summed E-state index contributed by atoms with van der Waals surface area (Å²) in [7, 11) is 1.58. The third kappa shape index (κ3) is 5.01. The van der Waals surface area contributed by atoms with Crippen molar-refractivity contribution in [2.45, 2.75) is 26.5 Å². The molecule has 0 aliphatic rings. The van der Waals surface area contributed by atoms with E-state index < -0.39 is 17.9 Å². The Bertz CT molecular complexity index is 947. The standard InChI is InChI=1S/C20H21N3O6/c1-12(2)17(22-18(24)15-5-4-10-27-15)20(25)28-11-16-21-19(29-23-16)13-6-8-14(26-3)9-7-13/h4-10,12,17H,11H2,1-3H3,(H,22,24)/t17-/m0/s1. The maximum atomic E-state index is 12.4. The summed E-state index contributed by atoms with van der Waals surface area (Å²) in [6.45, 7) is 3.41. The number of benzene rings is 1. The second-order valence-corrected chi connectivity index (χ2v) is 6.52. The van der Waals surface area contributed by atoms with Crippen molar-refractivity contribution in [1.82, 2.24) is 15.5 Å². The molecule has 1 aromatic carbocycles. The summed E-state index contributed by atoms with van der Waals surface area (Å²) in [6.07, 6.45) is 1.38. The fourth-order valence-electron chi connectivity index (χ4n) is 2.51. The molecule has 0 fully saturated rings. The number of nitrogens with one attached hydrogen (secondary N) is 1. The molecule has 29 heavy (non-hydrogen) atoms. The molecule has 0 bridgehead atoms. The number of methoxy groups -OCH3 is 1. The van der Waals surface area contributed by atoms with E-state index in [9.17, 15) is 9.59 Å². The van der Waals surface area contributed by atoms with Crippen LogP contribution in [0.4, 0.5) is 0 Å². The number of rotatable bonds is 8. The molecule has 1 atom stereocenters. The molecule has 152 valence electrons. The highest BCUT2D eigenvalue weighted by Gasteiger charge is 2.27. The monoisotopic (exact) mass is 399 g/mol. The highest BCUT2D eigenvalue weighted by Crippen LogP contribution is 2.21. The van der Waals surface area contributed by atoms with E-state index in [1.165, 1.54) is 12.3 Å². The van der Waals surface area contributed by atoms with Crippen molar-refractivity contribution in [3.8, 4) is 17.2 Å². The minimum atomic E-state index is -0.847. The SMILES string of the molecule is COc1ccc(-c2nc(COC(=O)[C@@H](NC(=O)c3ccco3)C(C)C)no2)cc1. The third-order valence-corrected chi connectivity index (χ3v) is 4.10. The van der Waals surface area contributed by atoms with Crippen molar-refractivity contribution in [2.24, 2.45) is 5.92 Å². The van der Waals surface area contributed by atoms with Crippen LogP contribution in [0.3, 0.4) is 0 Å². The van der Waals surface area contributed by atoms with Gasteiger partial charge in [0.25, 0.3) is 11.8 Å². The lowest BCUT2D eigenvalue weighted by Gasteiger charge is -2.19. The molecule has 0 spiro atoms. The van der Waals surface area contributed by atoms with Crippen LogP contribution in [-0.2, 0) is 16.1 Å². The second-order valence-electron chi connectivity index (χ2n) is 6.52. The topological polar surface area (TPSA) is 117 Å². The number of ether oxygens (including phenoxy) is 2. The van der Waals surface area contributed by atoms with Gasteiger partial charge >= 0.3 is 5.97 Å². The molecule has 0 radical (unpaired) electrons. The van der Waals surface area contributed by atoms with E-state index >= 15 is 0 Å². The summed E-state index contributed by atoms with van der Waals surface area (Å²) in [6, 6.07) is 9.36. The van der Waals surface area contributed by atoms with Crippen molar-refractivity contribution in [3.63, 3.8) is 0 Å². The van der Waals surface area contributed by atoms with Gasteiger partial charge in [-0.3, -0.25) is 4.79 Å². The molecule has 3 aromatic rings. The van der Waals surface area contributed by atoms with Crippen molar-refractivity contribution < 1.29 is 28.0 Å². The van der Waals surface area contributed by atoms with Gasteiger partial charge in [-0.1, -0.05) is 19.0 Å². The Hall–Kier alpha value is -3.62. The van der Waals surface area contributed by atoms with E-state index in [0.29, 0.717) is 17.2 Å². The molecule has 9 nitrogen and oxygen atoms in total. The number of aromatic nitrogens is 2. The van der Waals surface area contributed by atoms with Gasteiger partial charge in [-0.2, -0.15) is 4.98 Å². The van der Waals surface area contributed by atoms with E-state index in [2.05, 4.69) is 15.5 Å². The number of carbonyl (C=O) groups excluding carboxylic acids is 2. The highest BCUT2D eigenvalue weighted by molar-refractivity contribution is 5.94. The summed E-state index contributed by atoms with van der Waals surface area (Å²) in [5, 5.41) is 6.43. The number of nitrogens with zero attached hydrogens (tertiary/aromatic N) is 2. The summed E-state index contributed by atoms with van der Waals surface area (Å²) < 4.78 is 20.6. The van der Waals surface area contributed by atoms with Gasteiger partial charge in [0, 0.05) is 5.56 Å². The quantitative estimate of drug-likeness (QED) is 0.575. The van der Waals surface area contributed by atoms with Crippen LogP contribution in [0, 0.1) is 5.92 Å². The Kier molecular flexibility index (Phi) is 6.28. The van der Waals surface area contributed by atoms with Crippen molar-refractivity contribution in [1.29, 1.82) is 0 Å². The molecule has 2 aromatic heterocycles. The molecule has 0 aliphatic heterocycles. The van der Waals surface area contributed by atoms with Crippen LogP contribution in [0.2, 0.25) is 0 Å². The smallest absolute Gasteiger partial charge is 0.329 e. The molecule has 9 heteroatoms. The second kappa shape index (κ2) is 9.05. The van der Waals surface area contributed by atoms with Crippen LogP contribution in [0.15, 0.2) is 51.6 Å². The molecular weight excluding hydrogens is 378 g/mol. The van der Waals surface area contributed by atoms with Gasteiger partial charge in [-0.15, -0.1) is 0 Å². The minimum absolute atomic E-state index is 0.116. The molecular formula is C20H21N3O6. The van der Waals surface area contributed by atoms with Crippen LogP contribution in [0.25, 0.3) is 11.5 Å². The predicted molar refractivity (Wildman–Crippen MR) is 101 cm³/mol. The minimum Gasteiger partial charge on any atom is -0.497 e. The van der Waals surface area contributed by atoms with Gasteiger partial charge in [-0.25, -0.2) is 4.79 Å². The van der Waals surface area contributed by atoms with E-state index in [1.54, 1.807) is 51.3 Å². The Labute approximate surface area is 167 Å². The fourth-order valence-corrected chi connectivity index (χ4v) is 2.51. The zero-order valence-corrected chi connectivity index (χ0v) is 16.2. The lowest BCUT2D eigenvalue weighted by molar-refractivity contribution is -0.148. The summed E-state index contributed by atoms with van der Waals surface area (Å²) in [5.74, 6) is 0.0445. The number of carbonyl (C=O) groups is 2. The number of hydrogen-bond donors (Lipinski definition) is 1. The Morgan fingerprint density at radius 3 is 2.55 bits per heavy atom. The molecule has 1 amide bonds. The van der Waals surface area contributed by atoms with E-state index in [0.717, 1.165) is 0 Å². The average molecular weight is 399 g/mol. The first-order valence-corrected chi connectivity index (χ1v) is 8.96. The van der Waals surface area contributed by atoms with Gasteiger partial charge in [0.05, 0.1) is 13.4 Å².